The van der Waals surface area contributed by atoms with Crippen LogP contribution in [0.1, 0.15) is 44.6 Å². The molecular formula is C19H22O3. The number of allylic oxidation sites excluding steroid dienone is 3. The highest BCUT2D eigenvalue weighted by molar-refractivity contribution is 5.91. The first kappa shape index (κ1) is 14.9. The number of hydrogen-bond acceptors (Lipinski definition) is 3. The van der Waals surface area contributed by atoms with Crippen LogP contribution in [0.3, 0.4) is 0 Å². The van der Waals surface area contributed by atoms with Crippen molar-refractivity contribution in [2.24, 2.45) is 5.92 Å². The fourth-order valence-electron chi connectivity index (χ4n) is 3.47. The summed E-state index contributed by atoms with van der Waals surface area (Å²) in [4.78, 5) is 12.5. The lowest BCUT2D eigenvalue weighted by Crippen LogP contribution is -2.27. The number of carbonyl (C=O) groups excluding carboxylic acids is 1. The van der Waals surface area contributed by atoms with Gasteiger partial charge in [0.1, 0.15) is 11.5 Å². The molecule has 0 fully saturated rings. The van der Waals surface area contributed by atoms with E-state index in [0.29, 0.717) is 23.9 Å². The lowest BCUT2D eigenvalue weighted by molar-refractivity contribution is -0.139. The molecule has 0 saturated carbocycles. The molecule has 3 nitrogen and oxygen atoms in total. The average molecular weight is 298 g/mol. The maximum absolute atomic E-state index is 12.5. The van der Waals surface area contributed by atoms with Crippen molar-refractivity contribution in [2.75, 3.05) is 6.61 Å². The molecule has 0 radical (unpaired) electrons. The minimum Gasteiger partial charge on any atom is -0.463 e. The van der Waals surface area contributed by atoms with Gasteiger partial charge in [0, 0.05) is 11.5 Å². The van der Waals surface area contributed by atoms with Crippen molar-refractivity contribution in [1.29, 1.82) is 0 Å². The Labute approximate surface area is 131 Å². The van der Waals surface area contributed by atoms with Crippen LogP contribution in [0.15, 0.2) is 47.7 Å². The molecule has 3 heteroatoms. The number of hydrogen-bond donors (Lipinski definition) is 0. The highest BCUT2D eigenvalue weighted by Gasteiger charge is 2.37. The van der Waals surface area contributed by atoms with E-state index in [1.54, 1.807) is 0 Å². The zero-order chi connectivity index (χ0) is 15.5. The summed E-state index contributed by atoms with van der Waals surface area (Å²) in [5, 5.41) is 0. The van der Waals surface area contributed by atoms with Crippen molar-refractivity contribution in [1.82, 2.24) is 0 Å². The molecule has 3 rings (SSSR count). The minimum absolute atomic E-state index is 0.0283. The van der Waals surface area contributed by atoms with E-state index in [9.17, 15) is 4.79 Å². The number of carbonyl (C=O) groups is 1. The highest BCUT2D eigenvalue weighted by Crippen LogP contribution is 2.46. The number of fused-ring (bicyclic) bond motifs is 1. The van der Waals surface area contributed by atoms with Gasteiger partial charge in [0.15, 0.2) is 0 Å². The number of rotatable bonds is 3. The number of esters is 1. The van der Waals surface area contributed by atoms with E-state index in [1.165, 1.54) is 0 Å². The molecule has 0 saturated heterocycles. The third-order valence-electron chi connectivity index (χ3n) is 4.42. The Morgan fingerprint density at radius 1 is 1.36 bits per heavy atom. The normalized spacial score (nSPS) is 23.7. The molecule has 1 aliphatic heterocycles. The largest absolute Gasteiger partial charge is 0.463 e. The Kier molecular flexibility index (Phi) is 4.32. The Balaban J connectivity index is 2.07. The van der Waals surface area contributed by atoms with E-state index in [1.807, 2.05) is 32.0 Å². The molecule has 0 spiro atoms. The van der Waals surface area contributed by atoms with Crippen molar-refractivity contribution in [3.8, 4) is 5.75 Å². The molecule has 22 heavy (non-hydrogen) atoms. The molecule has 116 valence electrons. The summed E-state index contributed by atoms with van der Waals surface area (Å²) in [5.74, 6) is 1.63. The van der Waals surface area contributed by atoms with Crippen molar-refractivity contribution < 1.29 is 14.3 Å². The van der Waals surface area contributed by atoms with Crippen molar-refractivity contribution in [3.05, 3.63) is 53.3 Å². The fourth-order valence-corrected chi connectivity index (χ4v) is 3.47. The predicted molar refractivity (Wildman–Crippen MR) is 85.6 cm³/mol. The van der Waals surface area contributed by atoms with Crippen molar-refractivity contribution in [2.45, 2.75) is 39.0 Å². The second kappa shape index (κ2) is 6.39. The molecule has 2 unspecified atom stereocenters. The van der Waals surface area contributed by atoms with E-state index in [-0.39, 0.29) is 11.9 Å². The van der Waals surface area contributed by atoms with Gasteiger partial charge in [-0.3, -0.25) is 0 Å². The first-order valence-electron chi connectivity index (χ1n) is 8.03. The first-order chi connectivity index (χ1) is 10.7. The molecule has 1 aromatic carbocycles. The second-order valence-electron chi connectivity index (χ2n) is 5.83. The smallest absolute Gasteiger partial charge is 0.338 e. The zero-order valence-electron chi connectivity index (χ0n) is 13.2. The molecule has 0 N–H and O–H groups in total. The molecule has 1 aromatic rings. The highest BCUT2D eigenvalue weighted by atomic mass is 16.5. The monoisotopic (exact) mass is 298 g/mol. The Bertz CT molecular complexity index is 627. The summed E-state index contributed by atoms with van der Waals surface area (Å²) in [5.41, 5.74) is 1.77. The first-order valence-corrected chi connectivity index (χ1v) is 8.03. The Hall–Kier alpha value is -2.03. The van der Waals surface area contributed by atoms with Crippen molar-refractivity contribution in [3.63, 3.8) is 0 Å². The third kappa shape index (κ3) is 2.68. The van der Waals surface area contributed by atoms with Crippen molar-refractivity contribution >= 4 is 5.97 Å². The Morgan fingerprint density at radius 3 is 2.91 bits per heavy atom. The van der Waals surface area contributed by atoms with Crippen LogP contribution in [-0.2, 0) is 9.53 Å². The van der Waals surface area contributed by atoms with Crippen LogP contribution >= 0.6 is 0 Å². The van der Waals surface area contributed by atoms with E-state index >= 15 is 0 Å². The minimum atomic E-state index is -0.251. The zero-order valence-corrected chi connectivity index (χ0v) is 13.2. The SMILES string of the molecule is CCOC(=O)C1=C(C)Oc2ccccc2C1C1C=CCCC1. The summed E-state index contributed by atoms with van der Waals surface area (Å²) in [6.07, 6.45) is 7.85. The van der Waals surface area contributed by atoms with Gasteiger partial charge in [0.25, 0.3) is 0 Å². The molecule has 0 bridgehead atoms. The van der Waals surface area contributed by atoms with Crippen LogP contribution in [0.25, 0.3) is 0 Å². The van der Waals surface area contributed by atoms with Gasteiger partial charge >= 0.3 is 5.97 Å². The maximum atomic E-state index is 12.5. The maximum Gasteiger partial charge on any atom is 0.338 e. The number of para-hydroxylation sites is 1. The summed E-state index contributed by atoms with van der Waals surface area (Å²) in [7, 11) is 0. The summed E-state index contributed by atoms with van der Waals surface area (Å²) in [6, 6.07) is 8.01. The van der Waals surface area contributed by atoms with Crippen LogP contribution in [0.2, 0.25) is 0 Å². The topological polar surface area (TPSA) is 35.5 Å². The fraction of sp³-hybridized carbons (Fsp3) is 0.421. The van der Waals surface area contributed by atoms with Gasteiger partial charge in [-0.1, -0.05) is 30.4 Å². The average Bonchev–Trinajstić information content (AvgIpc) is 2.54. The van der Waals surface area contributed by atoms with Gasteiger partial charge in [-0.05, 0) is 45.1 Å². The Morgan fingerprint density at radius 2 is 2.18 bits per heavy atom. The molecule has 2 atom stereocenters. The van der Waals surface area contributed by atoms with Gasteiger partial charge in [0.05, 0.1) is 12.2 Å². The molecule has 1 aliphatic carbocycles. The van der Waals surface area contributed by atoms with E-state index in [0.717, 1.165) is 30.6 Å². The van der Waals surface area contributed by atoms with E-state index in [2.05, 4.69) is 18.2 Å². The number of benzene rings is 1. The van der Waals surface area contributed by atoms with Crippen LogP contribution in [0.4, 0.5) is 0 Å². The van der Waals surface area contributed by atoms with Crippen LogP contribution in [0.5, 0.6) is 5.75 Å². The van der Waals surface area contributed by atoms with Crippen LogP contribution in [-0.4, -0.2) is 12.6 Å². The van der Waals surface area contributed by atoms with E-state index < -0.39 is 0 Å². The summed E-state index contributed by atoms with van der Waals surface area (Å²) < 4.78 is 11.2. The molecule has 0 aromatic heterocycles. The predicted octanol–water partition coefficient (Wildman–Crippen LogP) is 4.36. The van der Waals surface area contributed by atoms with Gasteiger partial charge in [-0.25, -0.2) is 4.79 Å². The lowest BCUT2D eigenvalue weighted by atomic mass is 9.74. The molecule has 2 aliphatic rings. The summed E-state index contributed by atoms with van der Waals surface area (Å²) in [6.45, 7) is 4.08. The number of ether oxygens (including phenoxy) is 2. The molecule has 1 heterocycles. The van der Waals surface area contributed by atoms with Gasteiger partial charge in [-0.2, -0.15) is 0 Å². The molecular weight excluding hydrogens is 276 g/mol. The third-order valence-corrected chi connectivity index (χ3v) is 4.42. The quantitative estimate of drug-likeness (QED) is 0.614. The standard InChI is InChI=1S/C19H22O3/c1-3-21-19(20)17-13(2)22-16-12-8-7-11-15(16)18(17)14-9-5-4-6-10-14/h5,7-9,11-12,14,18H,3-4,6,10H2,1-2H3. The van der Waals surface area contributed by atoms with Crippen LogP contribution < -0.4 is 4.74 Å². The van der Waals surface area contributed by atoms with Gasteiger partial charge < -0.3 is 9.47 Å². The summed E-state index contributed by atoms with van der Waals surface area (Å²) >= 11 is 0. The van der Waals surface area contributed by atoms with Crippen LogP contribution in [0, 0.1) is 5.92 Å². The van der Waals surface area contributed by atoms with Gasteiger partial charge in [0.2, 0.25) is 0 Å². The van der Waals surface area contributed by atoms with Gasteiger partial charge in [-0.15, -0.1) is 0 Å². The lowest BCUT2D eigenvalue weighted by Gasteiger charge is -2.33. The second-order valence-corrected chi connectivity index (χ2v) is 5.83. The van der Waals surface area contributed by atoms with E-state index in [4.69, 9.17) is 9.47 Å². The molecule has 0 amide bonds.